The van der Waals surface area contributed by atoms with Crippen LogP contribution in [0.4, 0.5) is 35.1 Å². The Morgan fingerprint density at radius 1 is 0.673 bits per heavy atom. The third kappa shape index (κ3) is 11.3. The number of hydrogen-bond acceptors (Lipinski definition) is 11. The molecule has 4 N–H and O–H groups in total. The average molecular weight is 1350 g/mol. The number of allylic oxidation sites excluding steroid dienone is 2. The van der Waals surface area contributed by atoms with Crippen LogP contribution in [-0.2, 0) is 41.3 Å². The highest BCUT2D eigenvalue weighted by Gasteiger charge is 2.70. The topological polar surface area (TPSA) is 230 Å². The van der Waals surface area contributed by atoms with Gasteiger partial charge in [-0.05, 0) is 231 Å². The number of rotatable bonds is 9. The summed E-state index contributed by atoms with van der Waals surface area (Å²) < 4.78 is 108. The van der Waals surface area contributed by atoms with Gasteiger partial charge in [-0.1, -0.05) is 73.3 Å². The maximum atomic E-state index is 14.0. The summed E-state index contributed by atoms with van der Waals surface area (Å²) in [5.74, 6) is 0.950. The monoisotopic (exact) mass is 1350 g/mol. The van der Waals surface area contributed by atoms with Crippen molar-refractivity contribution in [2.45, 2.75) is 147 Å². The number of Topliss-reactive ketones (excluding diaryl/α,β-unsaturated/α-hetero) is 2. The van der Waals surface area contributed by atoms with Gasteiger partial charge in [0.15, 0.2) is 11.6 Å². The normalized spacial score (nSPS) is 31.7. The third-order valence-electron chi connectivity index (χ3n) is 24.2. The zero-order valence-electron chi connectivity index (χ0n) is 54.3. The smallest absolute Gasteiger partial charge is 0.393 e. The van der Waals surface area contributed by atoms with E-state index in [1.165, 1.54) is 70.6 Å². The van der Waals surface area contributed by atoms with Crippen molar-refractivity contribution >= 4 is 23.7 Å². The van der Waals surface area contributed by atoms with E-state index in [1.54, 1.807) is 24.3 Å². The Bertz CT molecular complexity index is 4430. The molecule has 98 heavy (non-hydrogen) atoms. The van der Waals surface area contributed by atoms with E-state index in [9.17, 15) is 65.1 Å². The highest BCUT2D eigenvalue weighted by molar-refractivity contribution is 5.90. The number of terminal acetylenes is 1. The molecule has 6 saturated carbocycles. The highest BCUT2D eigenvalue weighted by Crippen LogP contribution is 2.70. The lowest BCUT2D eigenvalue weighted by molar-refractivity contribution is -0.180. The first kappa shape index (κ1) is 68.0. The second kappa shape index (κ2) is 24.7. The predicted octanol–water partition coefficient (Wildman–Crippen LogP) is 13.9. The SMILES string of the molecule is C#Cc1cccc(C(F)(F)F)c1.CC12Cc3cnn(-c4ccc(F)cc4)c3C=C1CCC1C2[C@@H](O)CC2(C)C1CC[C@]2(O)C(=O)Cn1cc(-c2cccc(C(F)(F)F)c2)nn1.C[C@]12Cc3cnn(-c4ccc(F)cc4)c3C=C1CCC1C2[C@@H](O)C[C@@]2(C)C1CC[C@]2(O)C(=O)CN=[N+]=[N-]. The fourth-order valence-corrected chi connectivity index (χ4v) is 19.5. The van der Waals surface area contributed by atoms with Crippen molar-refractivity contribution in [3.63, 3.8) is 0 Å². The van der Waals surface area contributed by atoms with Crippen LogP contribution in [0.5, 0.6) is 0 Å². The van der Waals surface area contributed by atoms with E-state index >= 15 is 0 Å². The standard InChI is InChI=1S/C37H37F4N5O3.C28H32FN5O3.C9H5F3/c1-34-16-22-18-42-46(26-9-7-25(38)8-10-26)30(22)15-23(34)6-11-27-28-12-13-36(49,35(28,2)17-31(47)33(27)34)32(48)20-45-19-29(43-44-45)21-4-3-5-24(14-21)37(39,40)41;1-26-12-16-14-32-34(19-6-4-18(29)5-7-19)22(16)11-17(26)3-8-20-21-9-10-28(37,24(36)15-31-33-30)27(21,2)13-23(35)25(20)26;1-2-7-4-3-5-8(6-7)9(10,11)12/h3-5,7-10,14-15,18-19,27-28,31,33,47,49H,6,11-13,16-17,20H2,1-2H3;4-7,11,14,20-21,23,25,35,37H,3,8-10,12-13,15H2,1-2H3;1,3-6H/t27?,28?,31-,33?,34?,35?,36-;20?,21?,23-,25?,26-,27-,28-;/m00./s1. The Balaban J connectivity index is 0.000000155. The lowest BCUT2D eigenvalue weighted by Gasteiger charge is -2.60. The van der Waals surface area contributed by atoms with Crippen molar-refractivity contribution in [1.29, 1.82) is 0 Å². The molecule has 7 aromatic rings. The molecular formula is C74H74F8N10O6. The van der Waals surface area contributed by atoms with Gasteiger partial charge in [0.2, 0.25) is 0 Å². The summed E-state index contributed by atoms with van der Waals surface area (Å²) in [5, 5.41) is 68.2. The van der Waals surface area contributed by atoms with E-state index in [0.29, 0.717) is 32.1 Å². The van der Waals surface area contributed by atoms with Gasteiger partial charge in [0.25, 0.3) is 0 Å². The molecule has 8 unspecified atom stereocenters. The first-order chi connectivity index (χ1) is 46.4. The van der Waals surface area contributed by atoms with Crippen molar-refractivity contribution in [3.8, 4) is 35.0 Å². The van der Waals surface area contributed by atoms with Crippen molar-refractivity contribution in [1.82, 2.24) is 34.6 Å². The molecule has 0 amide bonds. The summed E-state index contributed by atoms with van der Waals surface area (Å²) in [6.07, 6.45) is 11.6. The summed E-state index contributed by atoms with van der Waals surface area (Å²) in [4.78, 5) is 29.6. The van der Waals surface area contributed by atoms with Gasteiger partial charge in [-0.3, -0.25) is 9.59 Å². The number of aromatic nitrogens is 7. The molecule has 0 bridgehead atoms. The van der Waals surface area contributed by atoms with Gasteiger partial charge in [-0.2, -0.15) is 36.5 Å². The van der Waals surface area contributed by atoms with Crippen molar-refractivity contribution in [2.24, 2.45) is 62.3 Å². The minimum atomic E-state index is -4.51. The van der Waals surface area contributed by atoms with Crippen molar-refractivity contribution in [2.75, 3.05) is 6.54 Å². The Labute approximate surface area is 560 Å². The Kier molecular flexibility index (Phi) is 17.1. The first-order valence-electron chi connectivity index (χ1n) is 33.1. The van der Waals surface area contributed by atoms with Crippen LogP contribution in [0.15, 0.2) is 132 Å². The van der Waals surface area contributed by atoms with Crippen LogP contribution in [0.1, 0.15) is 131 Å². The van der Waals surface area contributed by atoms with Crippen LogP contribution in [0, 0.1) is 81.1 Å². The van der Waals surface area contributed by atoms with E-state index in [-0.39, 0.29) is 101 Å². The number of aliphatic hydroxyl groups excluding tert-OH is 2. The largest absolute Gasteiger partial charge is 0.416 e. The fourth-order valence-electron chi connectivity index (χ4n) is 19.5. The summed E-state index contributed by atoms with van der Waals surface area (Å²) in [6.45, 7) is 7.67. The predicted molar refractivity (Wildman–Crippen MR) is 346 cm³/mol. The second-order valence-electron chi connectivity index (χ2n) is 29.1. The van der Waals surface area contributed by atoms with Gasteiger partial charge < -0.3 is 20.4 Å². The van der Waals surface area contributed by atoms with Crippen LogP contribution in [-0.4, -0.2) is 96.5 Å². The molecule has 0 spiro atoms. The first-order valence-corrected chi connectivity index (χ1v) is 33.1. The average Bonchev–Trinajstić information content (AvgIpc) is 1.43. The van der Waals surface area contributed by atoms with Crippen LogP contribution in [0.25, 0.3) is 45.2 Å². The number of azide groups is 1. The van der Waals surface area contributed by atoms with Gasteiger partial charge in [-0.25, -0.2) is 22.8 Å². The Hall–Kier alpha value is -8.59. The quantitative estimate of drug-likeness (QED) is 0.0351. The van der Waals surface area contributed by atoms with Crippen molar-refractivity contribution < 1.29 is 65.1 Å². The number of ketones is 2. The third-order valence-corrected chi connectivity index (χ3v) is 24.2. The summed E-state index contributed by atoms with van der Waals surface area (Å²) >= 11 is 0. The Morgan fingerprint density at radius 3 is 1.61 bits per heavy atom. The number of benzene rings is 4. The molecule has 512 valence electrons. The van der Waals surface area contributed by atoms with E-state index in [2.05, 4.69) is 62.5 Å². The number of halogens is 8. The van der Waals surface area contributed by atoms with Gasteiger partial charge >= 0.3 is 12.4 Å². The van der Waals surface area contributed by atoms with Gasteiger partial charge in [-0.15, -0.1) is 11.5 Å². The Morgan fingerprint density at radius 2 is 1.14 bits per heavy atom. The van der Waals surface area contributed by atoms with E-state index < -0.39 is 69.3 Å². The van der Waals surface area contributed by atoms with E-state index in [0.717, 1.165) is 90.3 Å². The highest BCUT2D eigenvalue weighted by atomic mass is 19.4. The maximum absolute atomic E-state index is 14.0. The molecule has 24 heteroatoms. The van der Waals surface area contributed by atoms with Crippen molar-refractivity contribution in [3.05, 3.63) is 188 Å². The number of fused-ring (bicyclic) bond motifs is 12. The second-order valence-corrected chi connectivity index (χ2v) is 29.1. The van der Waals surface area contributed by atoms with Crippen LogP contribution in [0.3, 0.4) is 0 Å². The molecule has 16 nitrogen and oxygen atoms in total. The summed E-state index contributed by atoms with van der Waals surface area (Å²) in [7, 11) is 0. The van der Waals surface area contributed by atoms with Crippen LogP contribution < -0.4 is 0 Å². The minimum absolute atomic E-state index is 0.00229. The van der Waals surface area contributed by atoms with E-state index in [1.807, 2.05) is 35.6 Å². The van der Waals surface area contributed by atoms with Crippen LogP contribution >= 0.6 is 0 Å². The number of alkyl halides is 6. The summed E-state index contributed by atoms with van der Waals surface area (Å²) in [5.41, 5.74) is 10.5. The summed E-state index contributed by atoms with van der Waals surface area (Å²) in [6, 6.07) is 22.0. The number of hydrogen-bond donors (Lipinski definition) is 4. The lowest BCUT2D eigenvalue weighted by Crippen LogP contribution is -2.62. The zero-order chi connectivity index (χ0) is 69.9. The molecular weight excluding hydrogens is 1280 g/mol. The number of carbonyl (C=O) groups is 2. The molecule has 3 aromatic heterocycles. The molecule has 0 aliphatic heterocycles. The molecule has 8 aliphatic rings. The number of nitrogens with zero attached hydrogens (tertiary/aromatic N) is 10. The molecule has 8 aliphatic carbocycles. The zero-order valence-corrected chi connectivity index (χ0v) is 54.3. The van der Waals surface area contributed by atoms with Gasteiger partial charge in [0, 0.05) is 26.9 Å². The molecule has 0 saturated heterocycles. The molecule has 15 rings (SSSR count). The molecule has 0 radical (unpaired) electrons. The lowest BCUT2D eigenvalue weighted by atomic mass is 9.45. The molecule has 14 atom stereocenters. The number of aliphatic hydroxyl groups is 4. The fraction of sp³-hybridized carbons (Fsp3) is 0.459. The maximum Gasteiger partial charge on any atom is 0.416 e. The van der Waals surface area contributed by atoms with Crippen LogP contribution in [0.2, 0.25) is 0 Å². The molecule has 3 heterocycles. The van der Waals surface area contributed by atoms with Gasteiger partial charge in [0.05, 0.1) is 71.2 Å². The minimum Gasteiger partial charge on any atom is -0.393 e. The molecule has 4 aromatic carbocycles. The molecule has 6 fully saturated rings. The van der Waals surface area contributed by atoms with Gasteiger partial charge in [0.1, 0.15) is 35.1 Å². The number of carbonyl (C=O) groups excluding carboxylic acids is 2. The van der Waals surface area contributed by atoms with E-state index in [4.69, 9.17) is 12.0 Å².